The molecule has 0 aliphatic carbocycles. The molecule has 4 nitrogen and oxygen atoms in total. The maximum absolute atomic E-state index is 11.8. The number of hydrogen-bond donors (Lipinski definition) is 2. The Hall–Kier alpha value is -2.75. The zero-order valence-corrected chi connectivity index (χ0v) is 13.1. The first-order valence-corrected chi connectivity index (χ1v) is 7.73. The number of para-hydroxylation sites is 1. The van der Waals surface area contributed by atoms with Crippen LogP contribution in [0.2, 0.25) is 0 Å². The van der Waals surface area contributed by atoms with E-state index in [0.717, 1.165) is 23.3 Å². The lowest BCUT2D eigenvalue weighted by atomic mass is 10.1. The van der Waals surface area contributed by atoms with Crippen molar-refractivity contribution in [3.05, 3.63) is 65.9 Å². The van der Waals surface area contributed by atoms with E-state index in [2.05, 4.69) is 16.4 Å². The van der Waals surface area contributed by atoms with Crippen LogP contribution in [0, 0.1) is 6.92 Å². The molecule has 0 spiro atoms. The molecule has 118 valence electrons. The lowest BCUT2D eigenvalue weighted by molar-refractivity contribution is -0.123. The molecule has 0 aliphatic rings. The monoisotopic (exact) mass is 308 g/mol. The molecule has 2 N–H and O–H groups in total. The lowest BCUT2D eigenvalue weighted by Crippen LogP contribution is -2.30. The van der Waals surface area contributed by atoms with E-state index in [1.807, 2.05) is 55.6 Å². The van der Waals surface area contributed by atoms with Gasteiger partial charge in [-0.05, 0) is 42.7 Å². The number of H-pyrrole nitrogens is 1. The van der Waals surface area contributed by atoms with E-state index in [-0.39, 0.29) is 12.5 Å². The summed E-state index contributed by atoms with van der Waals surface area (Å²) in [5, 5.41) is 4.10. The molecule has 0 radical (unpaired) electrons. The van der Waals surface area contributed by atoms with Crippen molar-refractivity contribution in [2.45, 2.75) is 13.3 Å². The predicted octanol–water partition coefficient (Wildman–Crippen LogP) is 3.21. The highest BCUT2D eigenvalue weighted by molar-refractivity contribution is 5.83. The molecule has 3 rings (SSSR count). The standard InChI is InChI=1S/C19H20N2O2/c1-14-5-4-6-16(11-14)23-13-19(22)20-10-9-15-12-21-18-8-3-2-7-17(15)18/h2-8,11-12,21H,9-10,13H2,1H3,(H,20,22). The van der Waals surface area contributed by atoms with Crippen LogP contribution in [0.15, 0.2) is 54.7 Å². The first-order chi connectivity index (χ1) is 11.2. The molecule has 2 aromatic carbocycles. The smallest absolute Gasteiger partial charge is 0.257 e. The van der Waals surface area contributed by atoms with Crippen molar-refractivity contribution in [2.24, 2.45) is 0 Å². The average molecular weight is 308 g/mol. The van der Waals surface area contributed by atoms with Gasteiger partial charge in [-0.3, -0.25) is 4.79 Å². The number of hydrogen-bond acceptors (Lipinski definition) is 2. The number of amides is 1. The Bertz CT molecular complexity index is 808. The molecule has 0 unspecified atom stereocenters. The Morgan fingerprint density at radius 3 is 2.91 bits per heavy atom. The summed E-state index contributed by atoms with van der Waals surface area (Å²) in [6.07, 6.45) is 2.79. The largest absolute Gasteiger partial charge is 0.484 e. The van der Waals surface area contributed by atoms with Gasteiger partial charge in [0.25, 0.3) is 5.91 Å². The van der Waals surface area contributed by atoms with Gasteiger partial charge in [-0.25, -0.2) is 0 Å². The Labute approximate surface area is 135 Å². The summed E-state index contributed by atoms with van der Waals surface area (Å²) < 4.78 is 5.49. The van der Waals surface area contributed by atoms with Crippen molar-refractivity contribution in [3.63, 3.8) is 0 Å². The van der Waals surface area contributed by atoms with Crippen LogP contribution < -0.4 is 10.1 Å². The number of ether oxygens (including phenoxy) is 1. The van der Waals surface area contributed by atoms with E-state index in [1.165, 1.54) is 10.9 Å². The Kier molecular flexibility index (Phi) is 4.62. The van der Waals surface area contributed by atoms with Crippen LogP contribution in [-0.2, 0) is 11.2 Å². The number of aryl methyl sites for hydroxylation is 1. The van der Waals surface area contributed by atoms with Crippen molar-refractivity contribution in [1.29, 1.82) is 0 Å². The van der Waals surface area contributed by atoms with Crippen molar-refractivity contribution in [2.75, 3.05) is 13.2 Å². The fourth-order valence-electron chi connectivity index (χ4n) is 2.58. The quantitative estimate of drug-likeness (QED) is 0.734. The lowest BCUT2D eigenvalue weighted by Gasteiger charge is -2.08. The van der Waals surface area contributed by atoms with E-state index in [4.69, 9.17) is 4.74 Å². The zero-order valence-electron chi connectivity index (χ0n) is 13.1. The molecule has 0 saturated carbocycles. The number of rotatable bonds is 6. The Balaban J connectivity index is 1.46. The third-order valence-electron chi connectivity index (χ3n) is 3.75. The van der Waals surface area contributed by atoms with Gasteiger partial charge in [0.05, 0.1) is 0 Å². The third-order valence-corrected chi connectivity index (χ3v) is 3.75. The summed E-state index contributed by atoms with van der Waals surface area (Å²) in [5.74, 6) is 0.614. The second-order valence-electron chi connectivity index (χ2n) is 5.56. The minimum atomic E-state index is -0.105. The molecule has 4 heteroatoms. The normalized spacial score (nSPS) is 10.7. The fraction of sp³-hybridized carbons (Fsp3) is 0.211. The summed E-state index contributed by atoms with van der Waals surface area (Å²) in [6, 6.07) is 15.8. The Morgan fingerprint density at radius 2 is 2.04 bits per heavy atom. The molecule has 3 aromatic rings. The van der Waals surface area contributed by atoms with Crippen LogP contribution in [0.1, 0.15) is 11.1 Å². The molecule has 1 heterocycles. The number of nitrogens with one attached hydrogen (secondary N) is 2. The molecule has 0 atom stereocenters. The van der Waals surface area contributed by atoms with E-state index in [0.29, 0.717) is 6.54 Å². The highest BCUT2D eigenvalue weighted by Crippen LogP contribution is 2.17. The van der Waals surface area contributed by atoms with E-state index < -0.39 is 0 Å². The van der Waals surface area contributed by atoms with Gasteiger partial charge >= 0.3 is 0 Å². The maximum Gasteiger partial charge on any atom is 0.257 e. The molecule has 0 bridgehead atoms. The van der Waals surface area contributed by atoms with Crippen molar-refractivity contribution < 1.29 is 9.53 Å². The van der Waals surface area contributed by atoms with Gasteiger partial charge in [0.2, 0.25) is 0 Å². The number of aromatic amines is 1. The van der Waals surface area contributed by atoms with Gasteiger partial charge in [0.15, 0.2) is 6.61 Å². The molecular formula is C19H20N2O2. The predicted molar refractivity (Wildman–Crippen MR) is 91.7 cm³/mol. The van der Waals surface area contributed by atoms with Gasteiger partial charge in [-0.1, -0.05) is 30.3 Å². The SMILES string of the molecule is Cc1cccc(OCC(=O)NCCc2c[nH]c3ccccc23)c1. The highest BCUT2D eigenvalue weighted by atomic mass is 16.5. The van der Waals surface area contributed by atoms with Crippen LogP contribution in [0.5, 0.6) is 5.75 Å². The first kappa shape index (κ1) is 15.2. The van der Waals surface area contributed by atoms with E-state index in [9.17, 15) is 4.79 Å². The number of carbonyl (C=O) groups is 1. The average Bonchev–Trinajstić information content (AvgIpc) is 2.97. The highest BCUT2D eigenvalue weighted by Gasteiger charge is 2.05. The molecule has 1 aromatic heterocycles. The topological polar surface area (TPSA) is 54.1 Å². The van der Waals surface area contributed by atoms with Crippen molar-refractivity contribution in [3.8, 4) is 5.75 Å². The number of benzene rings is 2. The first-order valence-electron chi connectivity index (χ1n) is 7.73. The van der Waals surface area contributed by atoms with Crippen molar-refractivity contribution >= 4 is 16.8 Å². The van der Waals surface area contributed by atoms with E-state index in [1.54, 1.807) is 0 Å². The zero-order chi connectivity index (χ0) is 16.1. The van der Waals surface area contributed by atoms with Gasteiger partial charge in [-0.15, -0.1) is 0 Å². The number of carbonyl (C=O) groups excluding carboxylic acids is 1. The second kappa shape index (κ2) is 7.01. The van der Waals surface area contributed by atoms with Gasteiger partial charge in [0.1, 0.15) is 5.75 Å². The molecule has 23 heavy (non-hydrogen) atoms. The van der Waals surface area contributed by atoms with Gasteiger partial charge < -0.3 is 15.0 Å². The summed E-state index contributed by atoms with van der Waals surface area (Å²) in [6.45, 7) is 2.63. The van der Waals surface area contributed by atoms with Crippen LogP contribution >= 0.6 is 0 Å². The van der Waals surface area contributed by atoms with Crippen LogP contribution in [0.25, 0.3) is 10.9 Å². The van der Waals surface area contributed by atoms with E-state index >= 15 is 0 Å². The number of fused-ring (bicyclic) bond motifs is 1. The second-order valence-corrected chi connectivity index (χ2v) is 5.56. The molecule has 0 aliphatic heterocycles. The van der Waals surface area contributed by atoms with Gasteiger partial charge in [-0.2, -0.15) is 0 Å². The molecule has 0 saturated heterocycles. The van der Waals surface area contributed by atoms with Gasteiger partial charge in [0, 0.05) is 23.6 Å². The molecule has 1 amide bonds. The summed E-state index contributed by atoms with van der Waals surface area (Å²) in [7, 11) is 0. The minimum absolute atomic E-state index is 0.0390. The summed E-state index contributed by atoms with van der Waals surface area (Å²) >= 11 is 0. The fourth-order valence-corrected chi connectivity index (χ4v) is 2.58. The summed E-state index contributed by atoms with van der Waals surface area (Å²) in [5.41, 5.74) is 3.44. The van der Waals surface area contributed by atoms with Crippen molar-refractivity contribution in [1.82, 2.24) is 10.3 Å². The van der Waals surface area contributed by atoms with Crippen LogP contribution in [0.3, 0.4) is 0 Å². The summed E-state index contributed by atoms with van der Waals surface area (Å²) in [4.78, 5) is 15.1. The minimum Gasteiger partial charge on any atom is -0.484 e. The third kappa shape index (κ3) is 3.92. The number of aromatic nitrogens is 1. The maximum atomic E-state index is 11.8. The van der Waals surface area contributed by atoms with Crippen LogP contribution in [-0.4, -0.2) is 24.0 Å². The van der Waals surface area contributed by atoms with Crippen LogP contribution in [0.4, 0.5) is 0 Å². The molecular weight excluding hydrogens is 288 g/mol. The Morgan fingerprint density at radius 1 is 1.17 bits per heavy atom. The molecule has 0 fully saturated rings.